The van der Waals surface area contributed by atoms with Crippen molar-refractivity contribution >= 4 is 32.6 Å². The van der Waals surface area contributed by atoms with Gasteiger partial charge in [-0.1, -0.05) is 18.2 Å². The van der Waals surface area contributed by atoms with Gasteiger partial charge in [-0.25, -0.2) is 0 Å². The van der Waals surface area contributed by atoms with Gasteiger partial charge in [0.15, 0.2) is 0 Å². The summed E-state index contributed by atoms with van der Waals surface area (Å²) in [5, 5.41) is 10.1. The van der Waals surface area contributed by atoms with Crippen molar-refractivity contribution in [1.29, 1.82) is 0 Å². The summed E-state index contributed by atoms with van der Waals surface area (Å²) in [6.07, 6.45) is 6.55. The molecule has 6 nitrogen and oxygen atoms in total. The number of hydrogen-bond donors (Lipinski definition) is 0. The fraction of sp³-hybridized carbons (Fsp3) is 0.263. The predicted molar refractivity (Wildman–Crippen MR) is 101 cm³/mol. The number of nitrogens with zero attached hydrogens (tertiary/aromatic N) is 4. The maximum absolute atomic E-state index is 12.6. The van der Waals surface area contributed by atoms with Gasteiger partial charge in [0.25, 0.3) is 5.91 Å². The minimum absolute atomic E-state index is 0.00204. The van der Waals surface area contributed by atoms with E-state index < -0.39 is 0 Å². The van der Waals surface area contributed by atoms with Crippen LogP contribution in [0.3, 0.4) is 0 Å². The van der Waals surface area contributed by atoms with Crippen molar-refractivity contribution in [3.8, 4) is 5.88 Å². The van der Waals surface area contributed by atoms with Crippen molar-refractivity contribution in [3.63, 3.8) is 0 Å². The lowest BCUT2D eigenvalue weighted by Crippen LogP contribution is -2.41. The summed E-state index contributed by atoms with van der Waals surface area (Å²) in [5.74, 6) is 0.561. The third kappa shape index (κ3) is 3.53. The van der Waals surface area contributed by atoms with E-state index in [1.54, 1.807) is 24.7 Å². The molecule has 1 amide bonds. The topological polar surface area (TPSA) is 68.2 Å². The Kier molecular flexibility index (Phi) is 4.79. The molecule has 0 saturated carbocycles. The number of hydrogen-bond acceptors (Lipinski definition) is 5. The van der Waals surface area contributed by atoms with Gasteiger partial charge in [0.05, 0.1) is 11.8 Å². The molecule has 132 valence electrons. The van der Waals surface area contributed by atoms with Gasteiger partial charge < -0.3 is 9.64 Å². The standard InChI is InChI=1S/C19H17BrN4O2/c20-15-9-14(10-21-12-15)19(25)24-7-5-16(6-8-24)26-18-17-4-2-1-3-13(17)11-22-23-18/h1-4,9-12,16H,5-8H2. The Balaban J connectivity index is 1.41. The van der Waals surface area contributed by atoms with Crippen molar-refractivity contribution < 1.29 is 9.53 Å². The zero-order valence-electron chi connectivity index (χ0n) is 14.0. The molecule has 0 radical (unpaired) electrons. The highest BCUT2D eigenvalue weighted by atomic mass is 79.9. The van der Waals surface area contributed by atoms with E-state index in [1.807, 2.05) is 29.2 Å². The summed E-state index contributed by atoms with van der Waals surface area (Å²) < 4.78 is 6.89. The smallest absolute Gasteiger partial charge is 0.255 e. The van der Waals surface area contributed by atoms with E-state index in [1.165, 1.54) is 0 Å². The lowest BCUT2D eigenvalue weighted by molar-refractivity contribution is 0.0588. The molecule has 0 atom stereocenters. The third-order valence-corrected chi connectivity index (χ3v) is 4.93. The number of piperidine rings is 1. The van der Waals surface area contributed by atoms with Crippen molar-refractivity contribution in [2.24, 2.45) is 0 Å². The fourth-order valence-corrected chi connectivity index (χ4v) is 3.50. The van der Waals surface area contributed by atoms with Gasteiger partial charge in [-0.15, -0.1) is 5.10 Å². The van der Waals surface area contributed by atoms with Gasteiger partial charge >= 0.3 is 0 Å². The molecule has 0 spiro atoms. The molecule has 0 unspecified atom stereocenters. The van der Waals surface area contributed by atoms with Crippen LogP contribution >= 0.6 is 15.9 Å². The highest BCUT2D eigenvalue weighted by Gasteiger charge is 2.25. The lowest BCUT2D eigenvalue weighted by atomic mass is 10.1. The zero-order valence-corrected chi connectivity index (χ0v) is 15.6. The normalized spacial score (nSPS) is 15.2. The fourth-order valence-electron chi connectivity index (χ4n) is 3.13. The quantitative estimate of drug-likeness (QED) is 0.658. The molecule has 0 bridgehead atoms. The summed E-state index contributed by atoms with van der Waals surface area (Å²) in [6, 6.07) is 9.70. The number of likely N-dealkylation sites (tertiary alicyclic amines) is 1. The number of halogens is 1. The van der Waals surface area contributed by atoms with Crippen molar-refractivity contribution in [1.82, 2.24) is 20.1 Å². The minimum atomic E-state index is 0.00204. The Hall–Kier alpha value is -2.54. The lowest BCUT2D eigenvalue weighted by Gasteiger charge is -2.32. The molecule has 2 aromatic heterocycles. The van der Waals surface area contributed by atoms with Gasteiger partial charge in [0.2, 0.25) is 5.88 Å². The van der Waals surface area contributed by atoms with Crippen LogP contribution < -0.4 is 4.74 Å². The SMILES string of the molecule is O=C(c1cncc(Br)c1)N1CCC(Oc2nncc3ccccc23)CC1. The molecular formula is C19H17BrN4O2. The summed E-state index contributed by atoms with van der Waals surface area (Å²) in [6.45, 7) is 1.29. The first-order chi connectivity index (χ1) is 12.7. The number of fused-ring (bicyclic) bond motifs is 1. The van der Waals surface area contributed by atoms with E-state index in [0.29, 0.717) is 24.5 Å². The van der Waals surface area contributed by atoms with Crippen LogP contribution in [0.25, 0.3) is 10.8 Å². The number of aromatic nitrogens is 3. The van der Waals surface area contributed by atoms with E-state index in [4.69, 9.17) is 4.74 Å². The van der Waals surface area contributed by atoms with E-state index >= 15 is 0 Å². The van der Waals surface area contributed by atoms with E-state index in [2.05, 4.69) is 31.1 Å². The second-order valence-electron chi connectivity index (χ2n) is 6.24. The largest absolute Gasteiger partial charge is 0.473 e. The molecule has 1 aliphatic heterocycles. The maximum atomic E-state index is 12.6. The van der Waals surface area contributed by atoms with Crippen molar-refractivity contribution in [2.45, 2.75) is 18.9 Å². The molecule has 1 fully saturated rings. The van der Waals surface area contributed by atoms with E-state index in [0.717, 1.165) is 28.1 Å². The number of pyridine rings is 1. The van der Waals surface area contributed by atoms with Crippen LogP contribution in [-0.2, 0) is 0 Å². The Morgan fingerprint density at radius 1 is 1.15 bits per heavy atom. The van der Waals surface area contributed by atoms with Crippen LogP contribution in [0.2, 0.25) is 0 Å². The number of rotatable bonds is 3. The molecule has 7 heteroatoms. The van der Waals surface area contributed by atoms with Gasteiger partial charge in [-0.05, 0) is 28.1 Å². The average Bonchev–Trinajstić information content (AvgIpc) is 2.68. The van der Waals surface area contributed by atoms with E-state index in [-0.39, 0.29) is 12.0 Å². The second kappa shape index (κ2) is 7.37. The van der Waals surface area contributed by atoms with Crippen LogP contribution in [-0.4, -0.2) is 45.2 Å². The Labute approximate surface area is 159 Å². The molecule has 0 aliphatic carbocycles. The number of carbonyl (C=O) groups is 1. The third-order valence-electron chi connectivity index (χ3n) is 4.50. The van der Waals surface area contributed by atoms with Crippen LogP contribution in [0.1, 0.15) is 23.2 Å². The molecule has 4 rings (SSSR count). The number of amides is 1. The Morgan fingerprint density at radius 3 is 2.77 bits per heavy atom. The average molecular weight is 413 g/mol. The highest BCUT2D eigenvalue weighted by molar-refractivity contribution is 9.10. The van der Waals surface area contributed by atoms with Gasteiger partial charge in [0, 0.05) is 53.6 Å². The molecule has 1 aliphatic rings. The molecule has 0 N–H and O–H groups in total. The summed E-state index contributed by atoms with van der Waals surface area (Å²) in [7, 11) is 0. The van der Waals surface area contributed by atoms with Crippen LogP contribution in [0.15, 0.2) is 53.4 Å². The molecular weight excluding hydrogens is 396 g/mol. The van der Waals surface area contributed by atoms with Gasteiger partial charge in [-0.2, -0.15) is 5.10 Å². The highest BCUT2D eigenvalue weighted by Crippen LogP contribution is 2.25. The number of ether oxygens (including phenoxy) is 1. The summed E-state index contributed by atoms with van der Waals surface area (Å²) in [4.78, 5) is 18.5. The molecule has 1 aromatic carbocycles. The second-order valence-corrected chi connectivity index (χ2v) is 7.15. The molecule has 3 heterocycles. The number of benzene rings is 1. The molecule has 3 aromatic rings. The Bertz CT molecular complexity index is 936. The van der Waals surface area contributed by atoms with Crippen LogP contribution in [0.4, 0.5) is 0 Å². The summed E-state index contributed by atoms with van der Waals surface area (Å²) >= 11 is 3.35. The summed E-state index contributed by atoms with van der Waals surface area (Å²) in [5.41, 5.74) is 0.596. The van der Waals surface area contributed by atoms with Gasteiger partial charge in [-0.3, -0.25) is 9.78 Å². The first-order valence-electron chi connectivity index (χ1n) is 8.47. The molecule has 1 saturated heterocycles. The van der Waals surface area contributed by atoms with Crippen LogP contribution in [0.5, 0.6) is 5.88 Å². The van der Waals surface area contributed by atoms with Crippen LogP contribution in [0, 0.1) is 0 Å². The Morgan fingerprint density at radius 2 is 1.96 bits per heavy atom. The first-order valence-corrected chi connectivity index (χ1v) is 9.27. The van der Waals surface area contributed by atoms with Gasteiger partial charge in [0.1, 0.15) is 6.10 Å². The monoisotopic (exact) mass is 412 g/mol. The number of carbonyl (C=O) groups excluding carboxylic acids is 1. The minimum Gasteiger partial charge on any atom is -0.473 e. The first kappa shape index (κ1) is 16.9. The van der Waals surface area contributed by atoms with Crippen molar-refractivity contribution in [3.05, 3.63) is 59.0 Å². The van der Waals surface area contributed by atoms with Crippen molar-refractivity contribution in [2.75, 3.05) is 13.1 Å². The molecule has 26 heavy (non-hydrogen) atoms. The zero-order chi connectivity index (χ0) is 17.9. The maximum Gasteiger partial charge on any atom is 0.255 e. The van der Waals surface area contributed by atoms with E-state index in [9.17, 15) is 4.79 Å². The predicted octanol–water partition coefficient (Wildman–Crippen LogP) is 3.47.